The first kappa shape index (κ1) is 22.3. The minimum absolute atomic E-state index is 0.0933. The van der Waals surface area contributed by atoms with E-state index in [4.69, 9.17) is 9.15 Å². The van der Waals surface area contributed by atoms with E-state index in [-0.39, 0.29) is 36.0 Å². The van der Waals surface area contributed by atoms with Crippen molar-refractivity contribution in [1.29, 1.82) is 0 Å². The third-order valence-electron chi connectivity index (χ3n) is 8.70. The molecule has 176 valence electrons. The zero-order chi connectivity index (χ0) is 23.8. The van der Waals surface area contributed by atoms with Crippen molar-refractivity contribution in [3.63, 3.8) is 0 Å². The summed E-state index contributed by atoms with van der Waals surface area (Å²) in [5.74, 6) is -1.28. The standard InChI is InChI=1S/C25H29NO7/c1-23-7-6-17(28)24(2,12-27)16(23)10-18(29)25(3)21(23)20(30)19-15(33-25)9-14(32-22(19)31)13-5-4-8-26-11-13/h4-5,8-9,11,16-18,21,27-29H,6-7,10,12H2,1-3H3/t16?,17-,18-,21?,23-,24?,25+/m0/s1. The lowest BCUT2D eigenvalue weighted by atomic mass is 9.43. The van der Waals surface area contributed by atoms with Crippen LogP contribution >= 0.6 is 0 Å². The summed E-state index contributed by atoms with van der Waals surface area (Å²) in [6, 6.07) is 4.95. The van der Waals surface area contributed by atoms with E-state index in [1.54, 1.807) is 38.4 Å². The third kappa shape index (κ3) is 2.90. The molecule has 0 saturated heterocycles. The van der Waals surface area contributed by atoms with Crippen molar-refractivity contribution >= 4 is 5.78 Å². The predicted octanol–water partition coefficient (Wildman–Crippen LogP) is 2.19. The highest BCUT2D eigenvalue weighted by atomic mass is 16.5. The lowest BCUT2D eigenvalue weighted by Gasteiger charge is -2.64. The first-order chi connectivity index (χ1) is 15.6. The highest BCUT2D eigenvalue weighted by molar-refractivity contribution is 6.02. The van der Waals surface area contributed by atoms with Gasteiger partial charge in [-0.1, -0.05) is 13.8 Å². The predicted molar refractivity (Wildman–Crippen MR) is 118 cm³/mol. The number of aromatic nitrogens is 1. The van der Waals surface area contributed by atoms with Gasteiger partial charge in [0, 0.05) is 29.4 Å². The molecule has 8 heteroatoms. The van der Waals surface area contributed by atoms with E-state index in [9.17, 15) is 24.9 Å². The van der Waals surface area contributed by atoms with Crippen LogP contribution in [0.25, 0.3) is 11.3 Å². The van der Waals surface area contributed by atoms with Crippen molar-refractivity contribution in [2.75, 3.05) is 6.61 Å². The molecule has 0 spiro atoms. The molecule has 0 radical (unpaired) electrons. The molecule has 0 amide bonds. The van der Waals surface area contributed by atoms with Gasteiger partial charge in [0.1, 0.15) is 22.7 Å². The molecule has 0 aromatic carbocycles. The highest BCUT2D eigenvalue weighted by Gasteiger charge is 2.69. The molecule has 2 fully saturated rings. The summed E-state index contributed by atoms with van der Waals surface area (Å²) in [4.78, 5) is 31.0. The van der Waals surface area contributed by atoms with Gasteiger partial charge in [0.15, 0.2) is 5.78 Å². The molecule has 3 N–H and O–H groups in total. The molecule has 2 aromatic heterocycles. The van der Waals surface area contributed by atoms with Crippen LogP contribution < -0.4 is 10.4 Å². The minimum atomic E-state index is -1.27. The van der Waals surface area contributed by atoms with Crippen molar-refractivity contribution in [3.8, 4) is 17.1 Å². The molecule has 2 aromatic rings. The molecule has 0 bridgehead atoms. The third-order valence-corrected chi connectivity index (χ3v) is 8.70. The summed E-state index contributed by atoms with van der Waals surface area (Å²) in [6.07, 6.45) is 2.52. The van der Waals surface area contributed by atoms with E-state index in [1.165, 1.54) is 6.07 Å². The number of rotatable bonds is 2. The first-order valence-electron chi connectivity index (χ1n) is 11.3. The van der Waals surface area contributed by atoms with E-state index >= 15 is 0 Å². The molecule has 3 aliphatic rings. The van der Waals surface area contributed by atoms with Crippen LogP contribution in [0.3, 0.4) is 0 Å². The molecule has 5 rings (SSSR count). The summed E-state index contributed by atoms with van der Waals surface area (Å²) < 4.78 is 11.8. The zero-order valence-electron chi connectivity index (χ0n) is 18.9. The zero-order valence-corrected chi connectivity index (χ0v) is 18.9. The second-order valence-electron chi connectivity index (χ2n) is 10.5. The normalized spacial score (nSPS) is 39.8. The van der Waals surface area contributed by atoms with Gasteiger partial charge in [0.25, 0.3) is 0 Å². The van der Waals surface area contributed by atoms with E-state index in [0.717, 1.165) is 0 Å². The van der Waals surface area contributed by atoms with E-state index < -0.39 is 46.0 Å². The van der Waals surface area contributed by atoms with Gasteiger partial charge in [-0.3, -0.25) is 9.78 Å². The second kappa shape index (κ2) is 7.22. The lowest BCUT2D eigenvalue weighted by Crippen LogP contribution is -2.71. The Morgan fingerprint density at radius 3 is 2.61 bits per heavy atom. The molecular weight excluding hydrogens is 426 g/mol. The van der Waals surface area contributed by atoms with Crippen molar-refractivity contribution < 1.29 is 29.3 Å². The number of carbonyl (C=O) groups is 1. The highest BCUT2D eigenvalue weighted by Crippen LogP contribution is 2.64. The summed E-state index contributed by atoms with van der Waals surface area (Å²) in [5.41, 5.74) is -3.24. The first-order valence-corrected chi connectivity index (χ1v) is 11.3. The topological polar surface area (TPSA) is 130 Å². The number of carbonyl (C=O) groups excluding carboxylic acids is 1. The van der Waals surface area contributed by atoms with Gasteiger partial charge in [-0.05, 0) is 49.7 Å². The maximum Gasteiger partial charge on any atom is 0.351 e. The second-order valence-corrected chi connectivity index (χ2v) is 10.5. The van der Waals surface area contributed by atoms with Crippen molar-refractivity contribution in [3.05, 3.63) is 46.6 Å². The van der Waals surface area contributed by atoms with Crippen LogP contribution in [-0.2, 0) is 0 Å². The van der Waals surface area contributed by atoms with Gasteiger partial charge >= 0.3 is 5.63 Å². The number of hydrogen-bond donors (Lipinski definition) is 3. The Bertz CT molecular complexity index is 1160. The fraction of sp³-hybridized carbons (Fsp3) is 0.560. The monoisotopic (exact) mass is 455 g/mol. The van der Waals surface area contributed by atoms with Gasteiger partial charge in [-0.15, -0.1) is 0 Å². The van der Waals surface area contributed by atoms with Crippen LogP contribution in [0.15, 0.2) is 39.8 Å². The maximum absolute atomic E-state index is 13.9. The van der Waals surface area contributed by atoms with Crippen molar-refractivity contribution in [2.45, 2.75) is 57.8 Å². The molecule has 2 aliphatic carbocycles. The molecule has 3 heterocycles. The van der Waals surface area contributed by atoms with Gasteiger partial charge < -0.3 is 24.5 Å². The van der Waals surface area contributed by atoms with Gasteiger partial charge in [0.2, 0.25) is 0 Å². The molecule has 33 heavy (non-hydrogen) atoms. The van der Waals surface area contributed by atoms with Gasteiger partial charge in [-0.25, -0.2) is 4.79 Å². The fourth-order valence-corrected chi connectivity index (χ4v) is 6.83. The van der Waals surface area contributed by atoms with Crippen LogP contribution in [0.5, 0.6) is 5.75 Å². The maximum atomic E-state index is 13.9. The van der Waals surface area contributed by atoms with Gasteiger partial charge in [-0.2, -0.15) is 0 Å². The Morgan fingerprint density at radius 1 is 1.18 bits per heavy atom. The quantitative estimate of drug-likeness (QED) is 0.628. The Kier molecular flexibility index (Phi) is 4.87. The van der Waals surface area contributed by atoms with Crippen molar-refractivity contribution in [2.24, 2.45) is 22.7 Å². The van der Waals surface area contributed by atoms with E-state index in [0.29, 0.717) is 18.4 Å². The van der Waals surface area contributed by atoms with Gasteiger partial charge in [0.05, 0.1) is 24.7 Å². The van der Waals surface area contributed by atoms with Crippen LogP contribution in [-0.4, -0.2) is 50.5 Å². The SMILES string of the molecule is CC1(CO)C2C[C@H](O)[C@@]3(C)Oc4cc(-c5cccnc5)oc(=O)c4C(=O)C3[C@@]2(C)CC[C@@H]1O. The summed E-state index contributed by atoms with van der Waals surface area (Å²) in [5, 5.41) is 32.2. The average Bonchev–Trinajstić information content (AvgIpc) is 2.78. The van der Waals surface area contributed by atoms with Crippen LogP contribution in [0.4, 0.5) is 0 Å². The Labute approximate surface area is 191 Å². The summed E-state index contributed by atoms with van der Waals surface area (Å²) in [6.45, 7) is 5.19. The largest absolute Gasteiger partial charge is 0.483 e. The number of fused-ring (bicyclic) bond motifs is 4. The molecule has 8 nitrogen and oxygen atoms in total. The average molecular weight is 456 g/mol. The fourth-order valence-electron chi connectivity index (χ4n) is 6.83. The Morgan fingerprint density at radius 2 is 1.94 bits per heavy atom. The number of hydrogen-bond acceptors (Lipinski definition) is 8. The molecule has 7 atom stereocenters. The summed E-state index contributed by atoms with van der Waals surface area (Å²) >= 11 is 0. The van der Waals surface area contributed by atoms with Crippen molar-refractivity contribution in [1.82, 2.24) is 4.98 Å². The minimum Gasteiger partial charge on any atom is -0.483 e. The number of aliphatic hydroxyl groups excluding tert-OH is 3. The molecule has 2 saturated carbocycles. The van der Waals surface area contributed by atoms with E-state index in [1.807, 2.05) is 6.92 Å². The van der Waals surface area contributed by atoms with E-state index in [2.05, 4.69) is 4.98 Å². The number of ether oxygens (including phenoxy) is 1. The molecule has 1 aliphatic heterocycles. The van der Waals surface area contributed by atoms with Crippen LogP contribution in [0.2, 0.25) is 0 Å². The number of Topliss-reactive ketones (excluding diaryl/α,β-unsaturated/α-hetero) is 1. The smallest absolute Gasteiger partial charge is 0.351 e. The Hall–Kier alpha value is -2.55. The number of ketones is 1. The van der Waals surface area contributed by atoms with Crippen LogP contribution in [0.1, 0.15) is 50.4 Å². The number of nitrogens with zero attached hydrogens (tertiary/aromatic N) is 1. The number of pyridine rings is 1. The Balaban J connectivity index is 1.66. The number of aliphatic hydroxyl groups is 3. The molecule has 3 unspecified atom stereocenters. The molecular formula is C25H29NO7. The van der Waals surface area contributed by atoms with Crippen LogP contribution in [0, 0.1) is 22.7 Å². The summed E-state index contributed by atoms with van der Waals surface area (Å²) in [7, 11) is 0. The lowest BCUT2D eigenvalue weighted by molar-refractivity contribution is -0.226.